The molecule has 2 heterocycles. The van der Waals surface area contributed by atoms with Crippen molar-refractivity contribution in [2.24, 2.45) is 5.92 Å². The summed E-state index contributed by atoms with van der Waals surface area (Å²) in [5, 5.41) is 19.7. The van der Waals surface area contributed by atoms with Crippen molar-refractivity contribution in [2.75, 3.05) is 13.1 Å². The second-order valence-corrected chi connectivity index (χ2v) is 9.89. The fraction of sp³-hybridized carbons (Fsp3) is 0.464. The summed E-state index contributed by atoms with van der Waals surface area (Å²) in [4.78, 5) is 14.7. The Morgan fingerprint density at radius 2 is 1.71 bits per heavy atom. The largest absolute Gasteiger partial charge is 0.455 e. The van der Waals surface area contributed by atoms with Gasteiger partial charge in [0.05, 0.1) is 23.9 Å². The van der Waals surface area contributed by atoms with Crippen LogP contribution in [0.2, 0.25) is 0 Å². The lowest BCUT2D eigenvalue weighted by Crippen LogP contribution is -2.48. The van der Waals surface area contributed by atoms with Crippen LogP contribution in [0, 0.1) is 5.92 Å². The second-order valence-electron chi connectivity index (χ2n) is 9.89. The third-order valence-electron chi connectivity index (χ3n) is 7.43. The fourth-order valence-corrected chi connectivity index (χ4v) is 5.57. The fourth-order valence-electron chi connectivity index (χ4n) is 5.57. The van der Waals surface area contributed by atoms with Gasteiger partial charge in [-0.15, -0.1) is 5.10 Å². The van der Waals surface area contributed by atoms with Gasteiger partial charge in [0.25, 0.3) is 0 Å². The summed E-state index contributed by atoms with van der Waals surface area (Å²) in [5.41, 5.74) is 2.35. The molecule has 1 aliphatic carbocycles. The van der Waals surface area contributed by atoms with Crippen LogP contribution in [0.1, 0.15) is 72.2 Å². The van der Waals surface area contributed by atoms with E-state index in [2.05, 4.69) is 39.5 Å². The van der Waals surface area contributed by atoms with Gasteiger partial charge in [-0.2, -0.15) is 0 Å². The van der Waals surface area contributed by atoms with Gasteiger partial charge in [-0.25, -0.2) is 9.48 Å². The van der Waals surface area contributed by atoms with E-state index in [1.54, 1.807) is 35.1 Å². The van der Waals surface area contributed by atoms with E-state index in [4.69, 9.17) is 4.74 Å². The number of benzene rings is 2. The zero-order valence-electron chi connectivity index (χ0n) is 20.1. The van der Waals surface area contributed by atoms with Crippen molar-refractivity contribution in [1.29, 1.82) is 0 Å². The van der Waals surface area contributed by atoms with Crippen LogP contribution < -0.4 is 0 Å². The Bertz CT molecular complexity index is 1080. The molecule has 3 aromatic rings. The maximum atomic E-state index is 12.3. The molecule has 5 rings (SSSR count). The molecule has 3 atom stereocenters. The van der Waals surface area contributed by atoms with E-state index in [9.17, 15) is 9.90 Å². The Balaban J connectivity index is 1.27. The van der Waals surface area contributed by atoms with Crippen molar-refractivity contribution in [3.63, 3.8) is 0 Å². The lowest BCUT2D eigenvalue weighted by molar-refractivity contribution is -0.0182. The SMILES string of the molecule is O=C(OCc1cn([C@H]2C[C@H](c3ccccc3)N(CC3CCCCC3)C[C@@H]2O)nn1)c1ccccc1. The molecule has 0 radical (unpaired) electrons. The molecule has 0 unspecified atom stereocenters. The van der Waals surface area contributed by atoms with Gasteiger partial charge < -0.3 is 9.84 Å². The van der Waals surface area contributed by atoms with E-state index in [1.807, 2.05) is 12.1 Å². The highest BCUT2D eigenvalue weighted by Gasteiger charge is 2.38. The number of esters is 1. The molecule has 1 aliphatic heterocycles. The summed E-state index contributed by atoms with van der Waals surface area (Å²) in [5.74, 6) is 0.316. The number of aliphatic hydroxyl groups is 1. The maximum Gasteiger partial charge on any atom is 0.338 e. The van der Waals surface area contributed by atoms with Crippen molar-refractivity contribution in [1.82, 2.24) is 19.9 Å². The van der Waals surface area contributed by atoms with E-state index in [-0.39, 0.29) is 24.7 Å². The van der Waals surface area contributed by atoms with Crippen LogP contribution in [-0.4, -0.2) is 50.2 Å². The standard InChI is InChI=1S/C28H34N4O3/c33-27-19-31(17-21-10-4-1-5-11-21)25(22-12-6-2-7-13-22)16-26(27)32-18-24(29-30-32)20-35-28(34)23-14-8-3-9-15-23/h2-3,6-9,12-15,18,21,25-27,33H,1,4-5,10-11,16-17,19-20H2/t25-,26+,27+/m1/s1. The number of carbonyl (C=O) groups excluding carboxylic acids is 1. The lowest BCUT2D eigenvalue weighted by atomic mass is 9.85. The molecule has 1 N–H and O–H groups in total. The molecule has 1 aromatic heterocycles. The monoisotopic (exact) mass is 474 g/mol. The number of aliphatic hydroxyl groups excluding tert-OH is 1. The van der Waals surface area contributed by atoms with Gasteiger partial charge in [0.2, 0.25) is 0 Å². The molecule has 7 nitrogen and oxygen atoms in total. The minimum atomic E-state index is -0.542. The topological polar surface area (TPSA) is 80.5 Å². The number of rotatable bonds is 7. The number of aromatic nitrogens is 3. The highest BCUT2D eigenvalue weighted by Crippen LogP contribution is 2.38. The van der Waals surface area contributed by atoms with Crippen LogP contribution in [0.3, 0.4) is 0 Å². The molecule has 2 aliphatic rings. The number of likely N-dealkylation sites (tertiary alicyclic amines) is 1. The van der Waals surface area contributed by atoms with Crippen molar-refractivity contribution in [3.8, 4) is 0 Å². The third-order valence-corrected chi connectivity index (χ3v) is 7.43. The number of ether oxygens (including phenoxy) is 1. The summed E-state index contributed by atoms with van der Waals surface area (Å²) in [6.07, 6.45) is 8.55. The Kier molecular flexibility index (Phi) is 7.54. The molecule has 1 saturated carbocycles. The zero-order chi connectivity index (χ0) is 24.0. The van der Waals surface area contributed by atoms with Crippen LogP contribution >= 0.6 is 0 Å². The molecule has 7 heteroatoms. The van der Waals surface area contributed by atoms with E-state index in [0.29, 0.717) is 23.7 Å². The summed E-state index contributed by atoms with van der Waals surface area (Å²) in [6.45, 7) is 1.69. The number of β-amino-alcohol motifs (C(OH)–C–C–N with tert-alkyl or cyclic N) is 1. The molecular weight excluding hydrogens is 440 g/mol. The zero-order valence-corrected chi connectivity index (χ0v) is 20.1. The first-order chi connectivity index (χ1) is 17.2. The Morgan fingerprint density at radius 1 is 1.00 bits per heavy atom. The molecule has 1 saturated heterocycles. The average Bonchev–Trinajstić information content (AvgIpc) is 3.38. The molecular formula is C28H34N4O3. The molecule has 35 heavy (non-hydrogen) atoms. The molecule has 2 fully saturated rings. The normalized spacial score (nSPS) is 23.7. The quantitative estimate of drug-likeness (QED) is 0.506. The van der Waals surface area contributed by atoms with Gasteiger partial charge in [0, 0.05) is 19.1 Å². The molecule has 0 spiro atoms. The average molecular weight is 475 g/mol. The number of hydrogen-bond donors (Lipinski definition) is 1. The van der Waals surface area contributed by atoms with E-state index < -0.39 is 6.10 Å². The van der Waals surface area contributed by atoms with Gasteiger partial charge in [-0.1, -0.05) is 73.0 Å². The lowest BCUT2D eigenvalue weighted by Gasteiger charge is -2.44. The van der Waals surface area contributed by atoms with E-state index in [0.717, 1.165) is 13.0 Å². The highest BCUT2D eigenvalue weighted by atomic mass is 16.5. The highest BCUT2D eigenvalue weighted by molar-refractivity contribution is 5.89. The van der Waals surface area contributed by atoms with Crippen LogP contribution in [0.25, 0.3) is 0 Å². The number of piperidine rings is 1. The molecule has 2 aromatic carbocycles. The van der Waals surface area contributed by atoms with E-state index in [1.165, 1.54) is 37.7 Å². The van der Waals surface area contributed by atoms with Gasteiger partial charge in [-0.05, 0) is 42.9 Å². The van der Waals surface area contributed by atoms with Crippen LogP contribution in [0.4, 0.5) is 0 Å². The van der Waals surface area contributed by atoms with Gasteiger partial charge in [-0.3, -0.25) is 4.90 Å². The summed E-state index contributed by atoms with van der Waals surface area (Å²) in [6, 6.07) is 19.5. The molecule has 0 bridgehead atoms. The number of nitrogens with zero attached hydrogens (tertiary/aromatic N) is 4. The summed E-state index contributed by atoms with van der Waals surface area (Å²) in [7, 11) is 0. The van der Waals surface area contributed by atoms with Crippen molar-refractivity contribution < 1.29 is 14.6 Å². The van der Waals surface area contributed by atoms with Gasteiger partial charge in [0.15, 0.2) is 0 Å². The van der Waals surface area contributed by atoms with Crippen molar-refractivity contribution in [3.05, 3.63) is 83.7 Å². The summed E-state index contributed by atoms with van der Waals surface area (Å²) < 4.78 is 7.16. The van der Waals surface area contributed by atoms with Crippen LogP contribution in [-0.2, 0) is 11.3 Å². The van der Waals surface area contributed by atoms with E-state index >= 15 is 0 Å². The molecule has 0 amide bonds. The van der Waals surface area contributed by atoms with Crippen LogP contribution in [0.15, 0.2) is 66.9 Å². The maximum absolute atomic E-state index is 12.3. The van der Waals surface area contributed by atoms with Crippen molar-refractivity contribution in [2.45, 2.75) is 63.3 Å². The first-order valence-corrected chi connectivity index (χ1v) is 12.8. The smallest absolute Gasteiger partial charge is 0.338 e. The predicted octanol–water partition coefficient (Wildman–Crippen LogP) is 4.56. The minimum Gasteiger partial charge on any atom is -0.455 e. The summed E-state index contributed by atoms with van der Waals surface area (Å²) >= 11 is 0. The minimum absolute atomic E-state index is 0.0481. The Morgan fingerprint density at radius 3 is 2.46 bits per heavy atom. The van der Waals surface area contributed by atoms with Crippen LogP contribution in [0.5, 0.6) is 0 Å². The third kappa shape index (κ3) is 5.80. The first-order valence-electron chi connectivity index (χ1n) is 12.8. The Hall–Kier alpha value is -3.03. The van der Waals surface area contributed by atoms with Gasteiger partial charge >= 0.3 is 5.97 Å². The predicted molar refractivity (Wildman–Crippen MR) is 133 cm³/mol. The number of hydrogen-bond acceptors (Lipinski definition) is 6. The number of carbonyl (C=O) groups is 1. The second kappa shape index (κ2) is 11.1. The Labute approximate surface area is 206 Å². The van der Waals surface area contributed by atoms with Gasteiger partial charge in [0.1, 0.15) is 12.3 Å². The molecule has 184 valence electrons. The van der Waals surface area contributed by atoms with Crippen molar-refractivity contribution >= 4 is 5.97 Å². The first kappa shape index (κ1) is 23.7.